The molecule has 0 saturated carbocycles. The Balaban J connectivity index is 2.20. The Hall–Kier alpha value is -2.40. The van der Waals surface area contributed by atoms with Crippen molar-refractivity contribution >= 4 is 5.91 Å². The molecule has 1 amide bonds. The fourth-order valence-electron chi connectivity index (χ4n) is 2.03. The molecule has 1 heterocycles. The summed E-state index contributed by atoms with van der Waals surface area (Å²) in [4.78, 5) is 13.8. The van der Waals surface area contributed by atoms with Gasteiger partial charge >= 0.3 is 0 Å². The van der Waals surface area contributed by atoms with E-state index in [4.69, 9.17) is 5.11 Å². The van der Waals surface area contributed by atoms with Crippen LogP contribution in [0.3, 0.4) is 0 Å². The molecule has 5 heteroatoms. The van der Waals surface area contributed by atoms with Crippen LogP contribution in [0.2, 0.25) is 0 Å². The lowest BCUT2D eigenvalue weighted by Crippen LogP contribution is -2.33. The van der Waals surface area contributed by atoms with E-state index in [1.165, 1.54) is 10.5 Å². The van der Waals surface area contributed by atoms with E-state index in [-0.39, 0.29) is 19.1 Å². The minimum atomic E-state index is -0.199. The van der Waals surface area contributed by atoms with Gasteiger partial charge in [0.15, 0.2) is 0 Å². The molecule has 0 aliphatic carbocycles. The van der Waals surface area contributed by atoms with Gasteiger partial charge in [-0.25, -0.2) is 0 Å². The molecule has 2 aromatic rings. The van der Waals surface area contributed by atoms with E-state index in [1.54, 1.807) is 12.1 Å². The number of aryl methyl sites for hydroxylation is 1. The van der Waals surface area contributed by atoms with Crippen LogP contribution >= 0.6 is 0 Å². The molecule has 0 aliphatic rings. The van der Waals surface area contributed by atoms with Crippen LogP contribution in [0.1, 0.15) is 16.1 Å². The molecular weight excluding hydrogens is 266 g/mol. The number of H-pyrrole nitrogens is 1. The van der Waals surface area contributed by atoms with Gasteiger partial charge in [-0.15, -0.1) is 6.58 Å². The molecule has 0 atom stereocenters. The number of carbonyl (C=O) groups is 1. The third-order valence-electron chi connectivity index (χ3n) is 3.16. The second-order valence-corrected chi connectivity index (χ2v) is 4.80. The Labute approximate surface area is 123 Å². The molecule has 0 spiro atoms. The zero-order valence-corrected chi connectivity index (χ0v) is 12.0. The van der Waals surface area contributed by atoms with E-state index in [0.29, 0.717) is 12.2 Å². The van der Waals surface area contributed by atoms with Crippen molar-refractivity contribution in [2.45, 2.75) is 6.92 Å². The highest BCUT2D eigenvalue weighted by atomic mass is 16.3. The summed E-state index contributed by atoms with van der Waals surface area (Å²) in [5.74, 6) is -0.199. The Morgan fingerprint density at radius 1 is 1.43 bits per heavy atom. The van der Waals surface area contributed by atoms with Crippen LogP contribution in [0.5, 0.6) is 0 Å². The van der Waals surface area contributed by atoms with Gasteiger partial charge in [0.05, 0.1) is 12.3 Å². The Bertz CT molecular complexity index is 617. The van der Waals surface area contributed by atoms with Gasteiger partial charge in [-0.2, -0.15) is 5.10 Å². The fourth-order valence-corrected chi connectivity index (χ4v) is 2.03. The number of benzene rings is 1. The zero-order valence-electron chi connectivity index (χ0n) is 12.0. The predicted molar refractivity (Wildman–Crippen MR) is 81.9 cm³/mol. The summed E-state index contributed by atoms with van der Waals surface area (Å²) < 4.78 is 0. The van der Waals surface area contributed by atoms with Gasteiger partial charge in [0.1, 0.15) is 5.69 Å². The highest BCUT2D eigenvalue weighted by Gasteiger charge is 2.17. The molecule has 0 radical (unpaired) electrons. The summed E-state index contributed by atoms with van der Waals surface area (Å²) in [5.41, 5.74) is 3.25. The molecule has 5 nitrogen and oxygen atoms in total. The Morgan fingerprint density at radius 2 is 2.14 bits per heavy atom. The van der Waals surface area contributed by atoms with Gasteiger partial charge in [0.2, 0.25) is 0 Å². The molecule has 1 aromatic heterocycles. The molecule has 110 valence electrons. The third-order valence-corrected chi connectivity index (χ3v) is 3.16. The summed E-state index contributed by atoms with van der Waals surface area (Å²) in [6, 6.07) is 9.66. The second-order valence-electron chi connectivity index (χ2n) is 4.80. The summed E-state index contributed by atoms with van der Waals surface area (Å²) in [7, 11) is 0. The minimum Gasteiger partial charge on any atom is -0.395 e. The van der Waals surface area contributed by atoms with E-state index in [9.17, 15) is 4.79 Å². The maximum Gasteiger partial charge on any atom is 0.272 e. The second kappa shape index (κ2) is 6.85. The summed E-state index contributed by atoms with van der Waals surface area (Å²) in [5, 5.41) is 16.0. The van der Waals surface area contributed by atoms with Gasteiger partial charge < -0.3 is 10.0 Å². The van der Waals surface area contributed by atoms with Gasteiger partial charge in [-0.1, -0.05) is 35.9 Å². The van der Waals surface area contributed by atoms with Gasteiger partial charge in [0, 0.05) is 18.7 Å². The maximum atomic E-state index is 12.3. The summed E-state index contributed by atoms with van der Waals surface area (Å²) >= 11 is 0. The largest absolute Gasteiger partial charge is 0.395 e. The molecule has 0 bridgehead atoms. The molecule has 1 aromatic carbocycles. The number of hydrogen-bond donors (Lipinski definition) is 2. The minimum absolute atomic E-state index is 0.0848. The maximum absolute atomic E-state index is 12.3. The van der Waals surface area contributed by atoms with Crippen molar-refractivity contribution in [3.63, 3.8) is 0 Å². The Morgan fingerprint density at radius 3 is 2.76 bits per heavy atom. The number of rotatable bonds is 6. The van der Waals surface area contributed by atoms with Crippen LogP contribution in [0, 0.1) is 6.92 Å². The zero-order chi connectivity index (χ0) is 15.2. The lowest BCUT2D eigenvalue weighted by molar-refractivity contribution is 0.0737. The first-order valence-electron chi connectivity index (χ1n) is 6.79. The standard InChI is InChI=1S/C16H19N3O2/c1-3-8-19(9-10-20)16(21)15-11-14(17-18-15)13-6-4-12(2)5-7-13/h3-7,11,20H,1,8-10H2,2H3,(H,17,18). The third kappa shape index (κ3) is 3.58. The van der Waals surface area contributed by atoms with Crippen molar-refractivity contribution in [1.29, 1.82) is 0 Å². The quantitative estimate of drug-likeness (QED) is 0.798. The van der Waals surface area contributed by atoms with Crippen molar-refractivity contribution in [2.24, 2.45) is 0 Å². The number of aromatic nitrogens is 2. The van der Waals surface area contributed by atoms with Gasteiger partial charge in [-0.3, -0.25) is 9.89 Å². The first-order chi connectivity index (χ1) is 10.2. The monoisotopic (exact) mass is 285 g/mol. The lowest BCUT2D eigenvalue weighted by atomic mass is 10.1. The highest BCUT2D eigenvalue weighted by molar-refractivity contribution is 5.93. The Kier molecular flexibility index (Phi) is 4.90. The highest BCUT2D eigenvalue weighted by Crippen LogP contribution is 2.18. The first-order valence-corrected chi connectivity index (χ1v) is 6.79. The molecular formula is C16H19N3O2. The van der Waals surface area contributed by atoms with E-state index < -0.39 is 0 Å². The average Bonchev–Trinajstić information content (AvgIpc) is 2.97. The van der Waals surface area contributed by atoms with E-state index in [0.717, 1.165) is 11.3 Å². The SMILES string of the molecule is C=CCN(CCO)C(=O)c1cc(-c2ccc(C)cc2)n[nH]1. The number of aromatic amines is 1. The van der Waals surface area contributed by atoms with Gasteiger partial charge in [-0.05, 0) is 13.0 Å². The number of carbonyl (C=O) groups excluding carboxylic acids is 1. The van der Waals surface area contributed by atoms with Crippen LogP contribution in [0.4, 0.5) is 0 Å². The molecule has 0 saturated heterocycles. The number of nitrogens with zero attached hydrogens (tertiary/aromatic N) is 2. The topological polar surface area (TPSA) is 69.2 Å². The van der Waals surface area contributed by atoms with Crippen molar-refractivity contribution in [1.82, 2.24) is 15.1 Å². The van der Waals surface area contributed by atoms with Crippen LogP contribution in [-0.4, -0.2) is 45.8 Å². The van der Waals surface area contributed by atoms with Crippen LogP contribution in [0.15, 0.2) is 43.0 Å². The number of hydrogen-bond acceptors (Lipinski definition) is 3. The van der Waals surface area contributed by atoms with Crippen LogP contribution < -0.4 is 0 Å². The summed E-state index contributed by atoms with van der Waals surface area (Å²) in [6.45, 7) is 6.21. The van der Waals surface area contributed by atoms with E-state index >= 15 is 0 Å². The summed E-state index contributed by atoms with van der Waals surface area (Å²) in [6.07, 6.45) is 1.63. The van der Waals surface area contributed by atoms with E-state index in [1.807, 2.05) is 31.2 Å². The van der Waals surface area contributed by atoms with Crippen LogP contribution in [0.25, 0.3) is 11.3 Å². The van der Waals surface area contributed by atoms with Crippen molar-refractivity contribution in [3.05, 3.63) is 54.2 Å². The first kappa shape index (κ1) is 15.0. The number of nitrogens with one attached hydrogen (secondary N) is 1. The van der Waals surface area contributed by atoms with Crippen molar-refractivity contribution < 1.29 is 9.90 Å². The average molecular weight is 285 g/mol. The van der Waals surface area contributed by atoms with Gasteiger partial charge in [0.25, 0.3) is 5.91 Å². The van der Waals surface area contributed by atoms with Crippen molar-refractivity contribution in [2.75, 3.05) is 19.7 Å². The van der Waals surface area contributed by atoms with Crippen LogP contribution in [-0.2, 0) is 0 Å². The molecule has 2 rings (SSSR count). The van der Waals surface area contributed by atoms with Crippen molar-refractivity contribution in [3.8, 4) is 11.3 Å². The molecule has 0 aliphatic heterocycles. The molecule has 21 heavy (non-hydrogen) atoms. The number of aliphatic hydroxyl groups excluding tert-OH is 1. The fraction of sp³-hybridized carbons (Fsp3) is 0.250. The lowest BCUT2D eigenvalue weighted by Gasteiger charge is -2.18. The number of aliphatic hydroxyl groups is 1. The predicted octanol–water partition coefficient (Wildman–Crippen LogP) is 2.01. The van der Waals surface area contributed by atoms with E-state index in [2.05, 4.69) is 16.8 Å². The smallest absolute Gasteiger partial charge is 0.272 e. The molecule has 0 unspecified atom stereocenters. The molecule has 2 N–H and O–H groups in total. The normalized spacial score (nSPS) is 10.4. The number of amides is 1. The molecule has 0 fully saturated rings.